The molecule has 3 amide bonds. The summed E-state index contributed by atoms with van der Waals surface area (Å²) in [7, 11) is 1.67. The lowest BCUT2D eigenvalue weighted by Gasteiger charge is -2.31. The first-order chi connectivity index (χ1) is 10.4. The Hall–Kier alpha value is -1.72. The van der Waals surface area contributed by atoms with Gasteiger partial charge in [0, 0.05) is 13.6 Å². The van der Waals surface area contributed by atoms with Crippen molar-refractivity contribution in [3.05, 3.63) is 45.1 Å². The Balaban J connectivity index is 2.08. The topological polar surface area (TPSA) is 52.7 Å². The maximum absolute atomic E-state index is 12.6. The Kier molecular flexibility index (Phi) is 3.78. The highest BCUT2D eigenvalue weighted by molar-refractivity contribution is 6.42. The molecule has 0 unspecified atom stereocenters. The fraction of sp³-hybridized carbons (Fsp3) is 0.333. The first-order valence-electron chi connectivity index (χ1n) is 6.95. The molecule has 1 atom stereocenters. The van der Waals surface area contributed by atoms with Gasteiger partial charge in [-0.25, -0.2) is 4.79 Å². The molecule has 0 aliphatic carbocycles. The van der Waals surface area contributed by atoms with Gasteiger partial charge in [0.1, 0.15) is 0 Å². The average molecular weight is 340 g/mol. The lowest BCUT2D eigenvalue weighted by Crippen LogP contribution is -2.45. The molecule has 2 aliphatic heterocycles. The Morgan fingerprint density at radius 1 is 1.27 bits per heavy atom. The third-order valence-corrected chi connectivity index (χ3v) is 4.83. The van der Waals surface area contributed by atoms with Crippen LogP contribution in [0.3, 0.4) is 0 Å². The summed E-state index contributed by atoms with van der Waals surface area (Å²) in [6, 6.07) is 4.39. The normalized spacial score (nSPS) is 21.4. The van der Waals surface area contributed by atoms with Crippen molar-refractivity contribution in [3.63, 3.8) is 0 Å². The molecule has 22 heavy (non-hydrogen) atoms. The zero-order chi connectivity index (χ0) is 16.0. The van der Waals surface area contributed by atoms with E-state index in [0.717, 1.165) is 11.3 Å². The number of likely N-dealkylation sites (N-methyl/N-ethyl adjacent to an activating group) is 2. The summed E-state index contributed by atoms with van der Waals surface area (Å²) < 4.78 is 0. The van der Waals surface area contributed by atoms with Gasteiger partial charge in [-0.1, -0.05) is 29.3 Å². The number of urea groups is 1. The zero-order valence-electron chi connectivity index (χ0n) is 12.2. The highest BCUT2D eigenvalue weighted by Gasteiger charge is 2.42. The highest BCUT2D eigenvalue weighted by Crippen LogP contribution is 2.37. The van der Waals surface area contributed by atoms with E-state index < -0.39 is 6.04 Å². The molecule has 1 aromatic carbocycles. The Labute approximate surface area is 138 Å². The van der Waals surface area contributed by atoms with E-state index in [4.69, 9.17) is 23.2 Å². The summed E-state index contributed by atoms with van der Waals surface area (Å²) >= 11 is 12.0. The van der Waals surface area contributed by atoms with Gasteiger partial charge in [-0.3, -0.25) is 9.69 Å². The molecule has 2 heterocycles. The largest absolute Gasteiger partial charge is 0.333 e. The first-order valence-corrected chi connectivity index (χ1v) is 7.71. The molecule has 0 saturated carbocycles. The van der Waals surface area contributed by atoms with Crippen LogP contribution in [0, 0.1) is 0 Å². The standard InChI is InChI=1S/C15H15Cl2N3O2/c1-3-20-7-11-12(14(20)21)13(18-15(22)19(11)2)8-4-5-9(16)10(17)6-8/h4-6,13H,3,7H2,1-2H3,(H,18,22)/t13-/m0/s1. The predicted molar refractivity (Wildman–Crippen MR) is 84.8 cm³/mol. The Morgan fingerprint density at radius 3 is 2.64 bits per heavy atom. The van der Waals surface area contributed by atoms with Crippen molar-refractivity contribution < 1.29 is 9.59 Å². The number of hydrogen-bond donors (Lipinski definition) is 1. The van der Waals surface area contributed by atoms with E-state index in [1.165, 1.54) is 4.90 Å². The van der Waals surface area contributed by atoms with Crippen LogP contribution >= 0.6 is 23.2 Å². The predicted octanol–water partition coefficient (Wildman–Crippen LogP) is 2.81. The molecule has 5 nitrogen and oxygen atoms in total. The fourth-order valence-electron chi connectivity index (χ4n) is 2.82. The summed E-state index contributed by atoms with van der Waals surface area (Å²) in [5, 5.41) is 3.69. The average Bonchev–Trinajstić information content (AvgIpc) is 2.83. The molecule has 1 N–H and O–H groups in total. The van der Waals surface area contributed by atoms with Gasteiger partial charge in [-0.15, -0.1) is 0 Å². The Morgan fingerprint density at radius 2 is 2.00 bits per heavy atom. The van der Waals surface area contributed by atoms with Crippen molar-refractivity contribution in [1.29, 1.82) is 0 Å². The summed E-state index contributed by atoms with van der Waals surface area (Å²) in [4.78, 5) is 28.0. The lowest BCUT2D eigenvalue weighted by atomic mass is 9.96. The van der Waals surface area contributed by atoms with E-state index in [2.05, 4.69) is 5.32 Å². The second kappa shape index (κ2) is 5.48. The summed E-state index contributed by atoms with van der Waals surface area (Å²) in [6.45, 7) is 2.97. The van der Waals surface area contributed by atoms with Crippen molar-refractivity contribution in [2.24, 2.45) is 0 Å². The minimum absolute atomic E-state index is 0.0552. The summed E-state index contributed by atoms with van der Waals surface area (Å²) in [6.07, 6.45) is 0. The van der Waals surface area contributed by atoms with Crippen LogP contribution in [-0.4, -0.2) is 41.9 Å². The quantitative estimate of drug-likeness (QED) is 0.900. The number of carbonyl (C=O) groups is 2. The first kappa shape index (κ1) is 15.2. The van der Waals surface area contributed by atoms with Crippen molar-refractivity contribution >= 4 is 35.1 Å². The number of carbonyl (C=O) groups excluding carboxylic acids is 2. The number of halogens is 2. The Bertz CT molecular complexity index is 702. The molecule has 2 aliphatic rings. The van der Waals surface area contributed by atoms with Crippen molar-refractivity contribution in [3.8, 4) is 0 Å². The van der Waals surface area contributed by atoms with Crippen LogP contribution in [0.4, 0.5) is 4.79 Å². The number of nitrogens with one attached hydrogen (secondary N) is 1. The van der Waals surface area contributed by atoms with Gasteiger partial charge in [-0.05, 0) is 24.6 Å². The van der Waals surface area contributed by atoms with Crippen LogP contribution in [0.25, 0.3) is 0 Å². The summed E-state index contributed by atoms with van der Waals surface area (Å²) in [5.74, 6) is -0.0552. The van der Waals surface area contributed by atoms with Gasteiger partial charge in [-0.2, -0.15) is 0 Å². The number of hydrogen-bond acceptors (Lipinski definition) is 2. The van der Waals surface area contributed by atoms with Gasteiger partial charge in [0.2, 0.25) is 0 Å². The van der Waals surface area contributed by atoms with E-state index in [-0.39, 0.29) is 11.9 Å². The van der Waals surface area contributed by atoms with Crippen molar-refractivity contribution in [2.75, 3.05) is 20.1 Å². The minimum Gasteiger partial charge on any atom is -0.333 e. The molecule has 116 valence electrons. The van der Waals surface area contributed by atoms with Crippen LogP contribution in [0.1, 0.15) is 18.5 Å². The third-order valence-electron chi connectivity index (χ3n) is 4.09. The van der Waals surface area contributed by atoms with E-state index in [1.54, 1.807) is 30.1 Å². The van der Waals surface area contributed by atoms with E-state index >= 15 is 0 Å². The molecule has 0 saturated heterocycles. The molecule has 1 aromatic rings. The molecule has 7 heteroatoms. The van der Waals surface area contributed by atoms with Crippen LogP contribution in [0.15, 0.2) is 29.5 Å². The highest BCUT2D eigenvalue weighted by atomic mass is 35.5. The molecule has 0 bridgehead atoms. The van der Waals surface area contributed by atoms with Gasteiger partial charge in [0.05, 0.1) is 33.9 Å². The number of rotatable bonds is 2. The van der Waals surface area contributed by atoms with Gasteiger partial charge < -0.3 is 10.2 Å². The molecular formula is C15H15Cl2N3O2. The number of amides is 3. The van der Waals surface area contributed by atoms with Gasteiger partial charge in [0.25, 0.3) is 5.91 Å². The second-order valence-corrected chi connectivity index (χ2v) is 6.11. The van der Waals surface area contributed by atoms with Crippen LogP contribution in [0.5, 0.6) is 0 Å². The smallest absolute Gasteiger partial charge is 0.322 e. The second-order valence-electron chi connectivity index (χ2n) is 5.29. The van der Waals surface area contributed by atoms with Crippen LogP contribution < -0.4 is 5.32 Å². The SMILES string of the molecule is CCN1CC2=C(C1=O)[C@H](c1ccc(Cl)c(Cl)c1)NC(=O)N2C. The van der Waals surface area contributed by atoms with E-state index in [0.29, 0.717) is 28.7 Å². The van der Waals surface area contributed by atoms with Crippen LogP contribution in [-0.2, 0) is 4.79 Å². The number of nitrogens with zero attached hydrogens (tertiary/aromatic N) is 2. The van der Waals surface area contributed by atoms with Crippen molar-refractivity contribution in [2.45, 2.75) is 13.0 Å². The number of benzene rings is 1. The fourth-order valence-corrected chi connectivity index (χ4v) is 3.13. The van der Waals surface area contributed by atoms with E-state index in [1.807, 2.05) is 6.92 Å². The molecule has 3 rings (SSSR count). The molecule has 0 fully saturated rings. The van der Waals surface area contributed by atoms with E-state index in [9.17, 15) is 9.59 Å². The lowest BCUT2D eigenvalue weighted by molar-refractivity contribution is -0.125. The molecular weight excluding hydrogens is 325 g/mol. The molecule has 0 spiro atoms. The van der Waals surface area contributed by atoms with Gasteiger partial charge in [0.15, 0.2) is 0 Å². The maximum Gasteiger partial charge on any atom is 0.322 e. The minimum atomic E-state index is -0.502. The summed E-state index contributed by atoms with van der Waals surface area (Å²) in [5.41, 5.74) is 2.09. The molecule has 0 aromatic heterocycles. The molecule has 0 radical (unpaired) electrons. The third kappa shape index (κ3) is 2.25. The van der Waals surface area contributed by atoms with Gasteiger partial charge >= 0.3 is 6.03 Å². The maximum atomic E-state index is 12.6. The monoisotopic (exact) mass is 339 g/mol. The zero-order valence-corrected chi connectivity index (χ0v) is 13.7. The van der Waals surface area contributed by atoms with Crippen LogP contribution in [0.2, 0.25) is 10.0 Å². The van der Waals surface area contributed by atoms with Crippen molar-refractivity contribution in [1.82, 2.24) is 15.1 Å².